The molecule has 110 valence electrons. The van der Waals surface area contributed by atoms with Crippen molar-refractivity contribution in [2.45, 2.75) is 32.7 Å². The Kier molecular flexibility index (Phi) is 3.88. The number of amides is 1. The first kappa shape index (κ1) is 14.0. The molecule has 5 nitrogen and oxygen atoms in total. The van der Waals surface area contributed by atoms with E-state index in [0.29, 0.717) is 17.5 Å². The van der Waals surface area contributed by atoms with Gasteiger partial charge in [-0.05, 0) is 17.5 Å². The summed E-state index contributed by atoms with van der Waals surface area (Å²) in [6.45, 7) is 4.28. The van der Waals surface area contributed by atoms with Crippen LogP contribution in [0.3, 0.4) is 0 Å². The summed E-state index contributed by atoms with van der Waals surface area (Å²) in [4.78, 5) is 12.3. The van der Waals surface area contributed by atoms with E-state index >= 15 is 0 Å². The Labute approximate surface area is 127 Å². The Hall–Kier alpha value is -1.95. The lowest BCUT2D eigenvalue weighted by Gasteiger charge is -2.09. The van der Waals surface area contributed by atoms with Crippen molar-refractivity contribution in [2.24, 2.45) is 5.92 Å². The van der Waals surface area contributed by atoms with Crippen molar-refractivity contribution >= 4 is 28.1 Å². The van der Waals surface area contributed by atoms with Crippen LogP contribution in [0.25, 0.3) is 0 Å². The summed E-state index contributed by atoms with van der Waals surface area (Å²) in [5, 5.41) is 15.8. The van der Waals surface area contributed by atoms with Crippen LogP contribution >= 0.6 is 11.3 Å². The Bertz CT molecular complexity index is 628. The maximum Gasteiger partial charge on any atom is 0.249 e. The zero-order chi connectivity index (χ0) is 14.8. The Balaban J connectivity index is 1.61. The van der Waals surface area contributed by atoms with Crippen LogP contribution in [0.2, 0.25) is 0 Å². The molecule has 1 amide bonds. The minimum absolute atomic E-state index is 0.0570. The summed E-state index contributed by atoms with van der Waals surface area (Å²) in [6, 6.07) is 7.76. The molecular weight excluding hydrogens is 284 g/mol. The van der Waals surface area contributed by atoms with Gasteiger partial charge in [-0.15, -0.1) is 10.2 Å². The fourth-order valence-corrected chi connectivity index (χ4v) is 3.34. The molecule has 21 heavy (non-hydrogen) atoms. The molecule has 0 fully saturated rings. The lowest BCUT2D eigenvalue weighted by Crippen LogP contribution is -2.32. The van der Waals surface area contributed by atoms with Crippen molar-refractivity contribution in [3.63, 3.8) is 0 Å². The number of benzene rings is 1. The number of hydrogen-bond acceptors (Lipinski definition) is 5. The van der Waals surface area contributed by atoms with E-state index in [-0.39, 0.29) is 11.9 Å². The van der Waals surface area contributed by atoms with Gasteiger partial charge in [-0.25, -0.2) is 0 Å². The molecule has 0 bridgehead atoms. The Morgan fingerprint density at radius 2 is 2.24 bits per heavy atom. The average molecular weight is 302 g/mol. The third-order valence-corrected chi connectivity index (χ3v) is 4.23. The fourth-order valence-electron chi connectivity index (χ4n) is 2.38. The third kappa shape index (κ3) is 3.21. The molecule has 1 atom stereocenters. The van der Waals surface area contributed by atoms with Crippen LogP contribution in [0.15, 0.2) is 24.3 Å². The van der Waals surface area contributed by atoms with Crippen molar-refractivity contribution < 1.29 is 4.79 Å². The summed E-state index contributed by atoms with van der Waals surface area (Å²) in [6.07, 6.45) is 1.60. The number of nitrogens with zero attached hydrogens (tertiary/aromatic N) is 2. The van der Waals surface area contributed by atoms with Crippen LogP contribution in [0.4, 0.5) is 10.8 Å². The zero-order valence-corrected chi connectivity index (χ0v) is 12.9. The first-order valence-corrected chi connectivity index (χ1v) is 7.91. The van der Waals surface area contributed by atoms with Crippen molar-refractivity contribution in [2.75, 3.05) is 10.6 Å². The van der Waals surface area contributed by atoms with Crippen molar-refractivity contribution in [1.29, 1.82) is 0 Å². The van der Waals surface area contributed by atoms with Gasteiger partial charge in [0.05, 0.1) is 0 Å². The standard InChI is InChI=1S/C15H18N4OS/c1-9(2)7-13-18-19-15(21-13)17-14(20)12-8-10-5-3-4-6-11(10)16-12/h3-6,9,12,16H,7-8H2,1-2H3,(H,17,19,20)/t12-/m0/s1. The second kappa shape index (κ2) is 5.81. The predicted octanol–water partition coefficient (Wildman–Crippen LogP) is 2.71. The van der Waals surface area contributed by atoms with Crippen molar-refractivity contribution in [1.82, 2.24) is 10.2 Å². The highest BCUT2D eigenvalue weighted by molar-refractivity contribution is 7.15. The molecular formula is C15H18N4OS. The number of carbonyl (C=O) groups excluding carboxylic acids is 1. The van der Waals surface area contributed by atoms with E-state index in [1.807, 2.05) is 24.3 Å². The van der Waals surface area contributed by atoms with Gasteiger partial charge in [0.15, 0.2) is 0 Å². The monoisotopic (exact) mass is 302 g/mol. The van der Waals surface area contributed by atoms with E-state index in [2.05, 4.69) is 34.7 Å². The molecule has 0 saturated carbocycles. The van der Waals surface area contributed by atoms with E-state index in [1.54, 1.807) is 0 Å². The van der Waals surface area contributed by atoms with Crippen LogP contribution in [-0.2, 0) is 17.6 Å². The van der Waals surface area contributed by atoms with E-state index in [9.17, 15) is 4.79 Å². The molecule has 0 spiro atoms. The number of rotatable bonds is 4. The van der Waals surface area contributed by atoms with E-state index in [0.717, 1.165) is 17.1 Å². The van der Waals surface area contributed by atoms with Crippen molar-refractivity contribution in [3.8, 4) is 0 Å². The molecule has 2 heterocycles. The second-order valence-electron chi connectivity index (χ2n) is 5.65. The molecule has 0 saturated heterocycles. The lowest BCUT2D eigenvalue weighted by atomic mass is 10.1. The normalized spacial score (nSPS) is 16.6. The Morgan fingerprint density at radius 1 is 1.43 bits per heavy atom. The lowest BCUT2D eigenvalue weighted by molar-refractivity contribution is -0.116. The van der Waals surface area contributed by atoms with Gasteiger partial charge in [0.1, 0.15) is 11.0 Å². The molecule has 1 aliphatic heterocycles. The zero-order valence-electron chi connectivity index (χ0n) is 12.1. The maximum absolute atomic E-state index is 12.3. The number of para-hydroxylation sites is 1. The van der Waals surface area contributed by atoms with Crippen LogP contribution in [0.1, 0.15) is 24.4 Å². The quantitative estimate of drug-likeness (QED) is 0.911. The van der Waals surface area contributed by atoms with E-state index in [4.69, 9.17) is 0 Å². The molecule has 6 heteroatoms. The topological polar surface area (TPSA) is 66.9 Å². The summed E-state index contributed by atoms with van der Waals surface area (Å²) in [5.74, 6) is 0.478. The molecule has 0 radical (unpaired) electrons. The molecule has 1 aromatic heterocycles. The molecule has 1 aromatic carbocycles. The fraction of sp³-hybridized carbons (Fsp3) is 0.400. The molecule has 0 aliphatic carbocycles. The van der Waals surface area contributed by atoms with Gasteiger partial charge in [0, 0.05) is 18.5 Å². The summed E-state index contributed by atoms with van der Waals surface area (Å²) < 4.78 is 0. The maximum atomic E-state index is 12.3. The van der Waals surface area contributed by atoms with E-state index in [1.165, 1.54) is 16.9 Å². The number of fused-ring (bicyclic) bond motifs is 1. The first-order valence-electron chi connectivity index (χ1n) is 7.09. The summed E-state index contributed by atoms with van der Waals surface area (Å²) >= 11 is 1.45. The second-order valence-corrected chi connectivity index (χ2v) is 6.71. The number of hydrogen-bond donors (Lipinski definition) is 2. The van der Waals surface area contributed by atoms with Crippen molar-refractivity contribution in [3.05, 3.63) is 34.8 Å². The minimum Gasteiger partial charge on any atom is -0.373 e. The number of anilines is 2. The third-order valence-electron chi connectivity index (χ3n) is 3.37. The molecule has 2 aromatic rings. The van der Waals surface area contributed by atoms with Gasteiger partial charge in [0.25, 0.3) is 0 Å². The van der Waals surface area contributed by atoms with Crippen LogP contribution in [0.5, 0.6) is 0 Å². The smallest absolute Gasteiger partial charge is 0.249 e. The van der Waals surface area contributed by atoms with Crippen LogP contribution in [0, 0.1) is 5.92 Å². The average Bonchev–Trinajstić information content (AvgIpc) is 3.04. The summed E-state index contributed by atoms with van der Waals surface area (Å²) in [7, 11) is 0. The van der Waals surface area contributed by atoms with Crippen LogP contribution < -0.4 is 10.6 Å². The predicted molar refractivity (Wildman–Crippen MR) is 84.6 cm³/mol. The highest BCUT2D eigenvalue weighted by Crippen LogP contribution is 2.26. The number of carbonyl (C=O) groups is 1. The largest absolute Gasteiger partial charge is 0.373 e. The van der Waals surface area contributed by atoms with Gasteiger partial charge in [0.2, 0.25) is 11.0 Å². The number of aromatic nitrogens is 2. The number of nitrogens with one attached hydrogen (secondary N) is 2. The highest BCUT2D eigenvalue weighted by Gasteiger charge is 2.26. The van der Waals surface area contributed by atoms with Crippen LogP contribution in [-0.4, -0.2) is 22.1 Å². The van der Waals surface area contributed by atoms with Gasteiger partial charge < -0.3 is 5.32 Å². The van der Waals surface area contributed by atoms with Gasteiger partial charge >= 0.3 is 0 Å². The van der Waals surface area contributed by atoms with Gasteiger partial charge in [-0.3, -0.25) is 10.1 Å². The molecule has 2 N–H and O–H groups in total. The van der Waals surface area contributed by atoms with E-state index < -0.39 is 0 Å². The first-order chi connectivity index (χ1) is 10.1. The molecule has 0 unspecified atom stereocenters. The minimum atomic E-state index is -0.236. The van der Waals surface area contributed by atoms with Gasteiger partial charge in [-0.1, -0.05) is 43.4 Å². The highest BCUT2D eigenvalue weighted by atomic mass is 32.1. The SMILES string of the molecule is CC(C)Cc1nnc(NC(=O)[C@@H]2Cc3ccccc3N2)s1. The summed E-state index contributed by atoms with van der Waals surface area (Å²) in [5.41, 5.74) is 2.21. The van der Waals surface area contributed by atoms with Gasteiger partial charge in [-0.2, -0.15) is 0 Å². The Morgan fingerprint density at radius 3 is 3.00 bits per heavy atom. The molecule has 3 rings (SSSR count). The molecule has 1 aliphatic rings.